The van der Waals surface area contributed by atoms with Crippen molar-refractivity contribution in [2.24, 2.45) is 0 Å². The van der Waals surface area contributed by atoms with Gasteiger partial charge in [0.05, 0.1) is 0 Å². The number of benzene rings is 3. The third-order valence-corrected chi connectivity index (χ3v) is 4.63. The molecule has 1 aliphatic rings. The Hall–Kier alpha value is -3.47. The monoisotopic (exact) mass is 389 g/mol. The smallest absolute Gasteiger partial charge is 0.224 e. The highest BCUT2D eigenvalue weighted by atomic mass is 16.6. The summed E-state index contributed by atoms with van der Waals surface area (Å²) in [5.41, 5.74) is 2.92. The maximum absolute atomic E-state index is 12.3. The first-order valence-corrected chi connectivity index (χ1v) is 9.71. The first-order chi connectivity index (χ1) is 14.3. The molecular weight excluding hydrogens is 366 g/mol. The molecule has 0 saturated heterocycles. The molecule has 3 aromatic carbocycles. The number of carbonyl (C=O) groups is 1. The summed E-state index contributed by atoms with van der Waals surface area (Å²) in [6.45, 7) is 1.65. The molecule has 1 aliphatic heterocycles. The van der Waals surface area contributed by atoms with Gasteiger partial charge >= 0.3 is 0 Å². The standard InChI is InChI=1S/C24H23NO4/c26-24(13-7-18-6-12-22-23(16-18)28-15-14-27-22)25-20-8-10-21(11-9-20)29-17-19-4-2-1-3-5-19/h1-6,8-12,16H,7,13-15,17H2,(H,25,26). The number of nitrogens with one attached hydrogen (secondary N) is 1. The van der Waals surface area contributed by atoms with Gasteiger partial charge in [0.1, 0.15) is 25.6 Å². The van der Waals surface area contributed by atoms with Gasteiger partial charge in [-0.1, -0.05) is 36.4 Å². The molecule has 5 nitrogen and oxygen atoms in total. The lowest BCUT2D eigenvalue weighted by Crippen LogP contribution is -2.15. The van der Waals surface area contributed by atoms with Crippen molar-refractivity contribution in [3.8, 4) is 17.2 Å². The molecule has 0 aromatic heterocycles. The minimum absolute atomic E-state index is 0.0298. The van der Waals surface area contributed by atoms with Crippen LogP contribution < -0.4 is 19.5 Å². The summed E-state index contributed by atoms with van der Waals surface area (Å²) >= 11 is 0. The molecule has 1 heterocycles. The Bertz CT molecular complexity index is 954. The first kappa shape index (κ1) is 18.9. The lowest BCUT2D eigenvalue weighted by molar-refractivity contribution is -0.116. The van der Waals surface area contributed by atoms with Gasteiger partial charge in [-0.3, -0.25) is 4.79 Å². The Morgan fingerprint density at radius 2 is 1.62 bits per heavy atom. The molecule has 0 spiro atoms. The maximum Gasteiger partial charge on any atom is 0.224 e. The van der Waals surface area contributed by atoms with E-state index in [0.29, 0.717) is 32.7 Å². The van der Waals surface area contributed by atoms with E-state index in [2.05, 4.69) is 5.32 Å². The predicted octanol–water partition coefficient (Wildman–Crippen LogP) is 4.61. The number of fused-ring (bicyclic) bond motifs is 1. The number of hydrogen-bond donors (Lipinski definition) is 1. The van der Waals surface area contributed by atoms with Crippen LogP contribution in [-0.2, 0) is 17.8 Å². The number of ether oxygens (including phenoxy) is 3. The van der Waals surface area contributed by atoms with Crippen molar-refractivity contribution in [3.05, 3.63) is 83.9 Å². The van der Waals surface area contributed by atoms with Gasteiger partial charge in [0, 0.05) is 12.1 Å². The molecule has 0 fully saturated rings. The molecule has 0 atom stereocenters. The van der Waals surface area contributed by atoms with Gasteiger partial charge in [0.15, 0.2) is 11.5 Å². The fourth-order valence-electron chi connectivity index (χ4n) is 3.10. The number of carbonyl (C=O) groups excluding carboxylic acids is 1. The minimum atomic E-state index is -0.0298. The number of amides is 1. The predicted molar refractivity (Wildman–Crippen MR) is 112 cm³/mol. The van der Waals surface area contributed by atoms with Gasteiger partial charge in [0.2, 0.25) is 5.91 Å². The van der Waals surface area contributed by atoms with Gasteiger partial charge in [-0.05, 0) is 53.9 Å². The second-order valence-electron chi connectivity index (χ2n) is 6.82. The SMILES string of the molecule is O=C(CCc1ccc2c(c1)OCCO2)Nc1ccc(OCc2ccccc2)cc1. The topological polar surface area (TPSA) is 56.8 Å². The minimum Gasteiger partial charge on any atom is -0.489 e. The number of anilines is 1. The van der Waals surface area contributed by atoms with E-state index in [-0.39, 0.29) is 5.91 Å². The van der Waals surface area contributed by atoms with Gasteiger partial charge in [0.25, 0.3) is 0 Å². The summed E-state index contributed by atoms with van der Waals surface area (Å²) < 4.78 is 16.9. The zero-order valence-corrected chi connectivity index (χ0v) is 16.1. The number of rotatable bonds is 7. The highest BCUT2D eigenvalue weighted by molar-refractivity contribution is 5.90. The van der Waals surface area contributed by atoms with E-state index in [0.717, 1.165) is 34.1 Å². The first-order valence-electron chi connectivity index (χ1n) is 9.71. The second kappa shape index (κ2) is 9.15. The summed E-state index contributed by atoms with van der Waals surface area (Å²) in [5, 5.41) is 2.93. The van der Waals surface area contributed by atoms with E-state index < -0.39 is 0 Å². The van der Waals surface area contributed by atoms with Crippen LogP contribution in [0.15, 0.2) is 72.8 Å². The van der Waals surface area contributed by atoms with Gasteiger partial charge in [-0.2, -0.15) is 0 Å². The van der Waals surface area contributed by atoms with Crippen LogP contribution in [0.2, 0.25) is 0 Å². The molecule has 0 radical (unpaired) electrons. The van der Waals surface area contributed by atoms with Crippen LogP contribution >= 0.6 is 0 Å². The van der Waals surface area contributed by atoms with Crippen molar-refractivity contribution >= 4 is 11.6 Å². The van der Waals surface area contributed by atoms with E-state index in [1.807, 2.05) is 72.8 Å². The average molecular weight is 389 g/mol. The van der Waals surface area contributed by atoms with Crippen molar-refractivity contribution in [2.75, 3.05) is 18.5 Å². The quantitative estimate of drug-likeness (QED) is 0.641. The van der Waals surface area contributed by atoms with Crippen molar-refractivity contribution in [1.29, 1.82) is 0 Å². The van der Waals surface area contributed by atoms with E-state index in [1.54, 1.807) is 0 Å². The fraction of sp³-hybridized carbons (Fsp3) is 0.208. The highest BCUT2D eigenvalue weighted by Gasteiger charge is 2.12. The summed E-state index contributed by atoms with van der Waals surface area (Å²) in [7, 11) is 0. The van der Waals surface area contributed by atoms with Crippen molar-refractivity contribution in [1.82, 2.24) is 0 Å². The lowest BCUT2D eigenvalue weighted by Gasteiger charge is -2.18. The molecule has 0 bridgehead atoms. The Morgan fingerprint density at radius 3 is 2.41 bits per heavy atom. The van der Waals surface area contributed by atoms with E-state index >= 15 is 0 Å². The average Bonchev–Trinajstić information content (AvgIpc) is 2.78. The number of aryl methyl sites for hydroxylation is 1. The van der Waals surface area contributed by atoms with E-state index in [4.69, 9.17) is 14.2 Å². The zero-order chi connectivity index (χ0) is 19.9. The van der Waals surface area contributed by atoms with Crippen LogP contribution in [0.4, 0.5) is 5.69 Å². The molecule has 29 heavy (non-hydrogen) atoms. The summed E-state index contributed by atoms with van der Waals surface area (Å²) in [4.78, 5) is 12.3. The molecule has 5 heteroatoms. The molecule has 1 amide bonds. The van der Waals surface area contributed by atoms with E-state index in [9.17, 15) is 4.79 Å². The Balaban J connectivity index is 1.25. The van der Waals surface area contributed by atoms with Crippen LogP contribution in [0, 0.1) is 0 Å². The molecule has 3 aromatic rings. The molecule has 1 N–H and O–H groups in total. The van der Waals surface area contributed by atoms with Crippen molar-refractivity contribution in [2.45, 2.75) is 19.4 Å². The highest BCUT2D eigenvalue weighted by Crippen LogP contribution is 2.31. The van der Waals surface area contributed by atoms with Crippen LogP contribution in [-0.4, -0.2) is 19.1 Å². The number of hydrogen-bond acceptors (Lipinski definition) is 4. The van der Waals surface area contributed by atoms with Gasteiger partial charge in [-0.15, -0.1) is 0 Å². The van der Waals surface area contributed by atoms with Crippen molar-refractivity contribution in [3.63, 3.8) is 0 Å². The molecule has 0 saturated carbocycles. The third kappa shape index (κ3) is 5.29. The zero-order valence-electron chi connectivity index (χ0n) is 16.1. The van der Waals surface area contributed by atoms with Gasteiger partial charge < -0.3 is 19.5 Å². The summed E-state index contributed by atoms with van der Waals surface area (Å²) in [5.74, 6) is 2.25. The largest absolute Gasteiger partial charge is 0.489 e. The third-order valence-electron chi connectivity index (χ3n) is 4.63. The maximum atomic E-state index is 12.3. The normalized spacial score (nSPS) is 12.3. The van der Waals surface area contributed by atoms with Crippen LogP contribution in [0.1, 0.15) is 17.5 Å². The molecule has 0 unspecified atom stereocenters. The van der Waals surface area contributed by atoms with Crippen LogP contribution in [0.5, 0.6) is 17.2 Å². The van der Waals surface area contributed by atoms with E-state index in [1.165, 1.54) is 0 Å². The fourth-order valence-corrected chi connectivity index (χ4v) is 3.10. The second-order valence-corrected chi connectivity index (χ2v) is 6.82. The molecule has 0 aliphatic carbocycles. The Kier molecular flexibility index (Phi) is 5.95. The van der Waals surface area contributed by atoms with Gasteiger partial charge in [-0.25, -0.2) is 0 Å². The summed E-state index contributed by atoms with van der Waals surface area (Å²) in [6, 6.07) is 23.2. The van der Waals surface area contributed by atoms with Crippen molar-refractivity contribution < 1.29 is 19.0 Å². The molecular formula is C24H23NO4. The lowest BCUT2D eigenvalue weighted by atomic mass is 10.1. The Morgan fingerprint density at radius 1 is 0.862 bits per heavy atom. The molecule has 4 rings (SSSR count). The van der Waals surface area contributed by atoms with Crippen LogP contribution in [0.3, 0.4) is 0 Å². The Labute approximate surface area is 170 Å². The van der Waals surface area contributed by atoms with Crippen LogP contribution in [0.25, 0.3) is 0 Å². The molecule has 148 valence electrons. The summed E-state index contributed by atoms with van der Waals surface area (Å²) in [6.07, 6.45) is 1.03.